The van der Waals surface area contributed by atoms with Crippen molar-refractivity contribution in [2.45, 2.75) is 31.8 Å². The van der Waals surface area contributed by atoms with Gasteiger partial charge in [-0.3, -0.25) is 0 Å². The first-order chi connectivity index (χ1) is 8.60. The molecule has 3 heteroatoms. The molecule has 1 aromatic rings. The van der Waals surface area contributed by atoms with Gasteiger partial charge in [0, 0.05) is 19.6 Å². The molecule has 1 aliphatic heterocycles. The van der Waals surface area contributed by atoms with Crippen LogP contribution in [-0.4, -0.2) is 23.9 Å². The molecule has 18 heavy (non-hydrogen) atoms. The highest BCUT2D eigenvalue weighted by Crippen LogP contribution is 2.42. The van der Waals surface area contributed by atoms with Crippen LogP contribution in [-0.2, 0) is 11.2 Å². The second-order valence-corrected chi connectivity index (χ2v) is 5.24. The third-order valence-corrected chi connectivity index (χ3v) is 3.98. The predicted molar refractivity (Wildman–Crippen MR) is 68.9 cm³/mol. The Labute approximate surface area is 108 Å². The first-order valence-corrected chi connectivity index (χ1v) is 6.35. The summed E-state index contributed by atoms with van der Waals surface area (Å²) >= 11 is 0. The van der Waals surface area contributed by atoms with E-state index >= 15 is 0 Å². The minimum Gasteiger partial charge on any atom is -0.388 e. The summed E-state index contributed by atoms with van der Waals surface area (Å²) in [4.78, 5) is 0. The highest BCUT2D eigenvalue weighted by molar-refractivity contribution is 5.21. The second-order valence-electron chi connectivity index (χ2n) is 5.24. The van der Waals surface area contributed by atoms with Gasteiger partial charge in [0.15, 0.2) is 0 Å². The highest BCUT2D eigenvalue weighted by Gasteiger charge is 2.48. The molecular weight excluding hydrogens is 226 g/mol. The molecule has 0 spiro atoms. The summed E-state index contributed by atoms with van der Waals surface area (Å²) in [7, 11) is 0. The third kappa shape index (κ3) is 2.40. The first-order valence-electron chi connectivity index (χ1n) is 6.35. The van der Waals surface area contributed by atoms with Crippen LogP contribution in [0.2, 0.25) is 0 Å². The Morgan fingerprint density at radius 2 is 1.94 bits per heavy atom. The number of nitriles is 1. The molecule has 0 aliphatic carbocycles. The van der Waals surface area contributed by atoms with Crippen molar-refractivity contribution in [2.75, 3.05) is 13.2 Å². The van der Waals surface area contributed by atoms with E-state index in [-0.39, 0.29) is 0 Å². The number of ether oxygens (including phenoxy) is 1. The molecule has 1 atom stereocenters. The summed E-state index contributed by atoms with van der Waals surface area (Å²) in [6, 6.07) is 12.2. The Balaban J connectivity index is 2.21. The van der Waals surface area contributed by atoms with E-state index in [1.54, 1.807) is 6.92 Å². The van der Waals surface area contributed by atoms with Gasteiger partial charge >= 0.3 is 0 Å². The number of nitrogens with zero attached hydrogens (tertiary/aromatic N) is 1. The Morgan fingerprint density at radius 1 is 1.33 bits per heavy atom. The van der Waals surface area contributed by atoms with Gasteiger partial charge in [0.1, 0.15) is 0 Å². The maximum Gasteiger partial charge on any atom is 0.0904 e. The topological polar surface area (TPSA) is 53.2 Å². The van der Waals surface area contributed by atoms with E-state index < -0.39 is 11.0 Å². The number of hydrogen-bond donors (Lipinski definition) is 1. The average Bonchev–Trinajstić information content (AvgIpc) is 2.40. The van der Waals surface area contributed by atoms with Gasteiger partial charge in [-0.1, -0.05) is 30.3 Å². The van der Waals surface area contributed by atoms with E-state index in [4.69, 9.17) is 4.74 Å². The van der Waals surface area contributed by atoms with E-state index in [0.717, 1.165) is 5.56 Å². The van der Waals surface area contributed by atoms with E-state index in [0.29, 0.717) is 32.5 Å². The van der Waals surface area contributed by atoms with Crippen LogP contribution < -0.4 is 0 Å². The normalized spacial score (nSPS) is 21.8. The molecule has 1 aliphatic rings. The first kappa shape index (κ1) is 13.1. The predicted octanol–water partition coefficient (Wildman–Crippen LogP) is 2.30. The molecule has 1 heterocycles. The van der Waals surface area contributed by atoms with Gasteiger partial charge in [-0.05, 0) is 25.3 Å². The minimum atomic E-state index is -1.02. The molecule has 0 saturated carbocycles. The summed E-state index contributed by atoms with van der Waals surface area (Å²) in [5.41, 5.74) is -0.655. The van der Waals surface area contributed by atoms with Crippen molar-refractivity contribution in [3.63, 3.8) is 0 Å². The third-order valence-electron chi connectivity index (χ3n) is 3.98. The molecule has 1 N–H and O–H groups in total. The van der Waals surface area contributed by atoms with Crippen molar-refractivity contribution in [1.29, 1.82) is 5.26 Å². The molecule has 1 unspecified atom stereocenters. The Bertz CT molecular complexity index is 428. The molecule has 1 saturated heterocycles. The highest BCUT2D eigenvalue weighted by atomic mass is 16.5. The van der Waals surface area contributed by atoms with Gasteiger partial charge in [-0.15, -0.1) is 0 Å². The number of rotatable bonds is 3. The summed E-state index contributed by atoms with van der Waals surface area (Å²) in [6.45, 7) is 2.88. The van der Waals surface area contributed by atoms with Gasteiger partial charge in [0.25, 0.3) is 0 Å². The SMILES string of the molecule is CC(O)(Cc1ccccc1)C1(C#N)CCOCC1. The van der Waals surface area contributed by atoms with Crippen LogP contribution in [0.15, 0.2) is 30.3 Å². The smallest absolute Gasteiger partial charge is 0.0904 e. The minimum absolute atomic E-state index is 0.501. The van der Waals surface area contributed by atoms with E-state index in [9.17, 15) is 10.4 Å². The lowest BCUT2D eigenvalue weighted by Gasteiger charge is -2.42. The van der Waals surface area contributed by atoms with Gasteiger partial charge in [0.2, 0.25) is 0 Å². The summed E-state index contributed by atoms with van der Waals surface area (Å²) in [5, 5.41) is 20.3. The van der Waals surface area contributed by atoms with Crippen LogP contribution in [0.5, 0.6) is 0 Å². The standard InChI is InChI=1S/C15H19NO2/c1-14(17,11-13-5-3-2-4-6-13)15(12-16)7-9-18-10-8-15/h2-6,17H,7-11H2,1H3. The Hall–Kier alpha value is -1.37. The van der Waals surface area contributed by atoms with Crippen molar-refractivity contribution in [2.24, 2.45) is 5.41 Å². The zero-order chi connectivity index (χ0) is 13.1. The van der Waals surface area contributed by atoms with Crippen LogP contribution in [0.4, 0.5) is 0 Å². The molecule has 0 bridgehead atoms. The largest absolute Gasteiger partial charge is 0.388 e. The lowest BCUT2D eigenvalue weighted by molar-refractivity contribution is -0.0917. The number of benzene rings is 1. The van der Waals surface area contributed by atoms with E-state index in [1.165, 1.54) is 0 Å². The summed E-state index contributed by atoms with van der Waals surface area (Å²) in [6.07, 6.45) is 1.70. The molecular formula is C15H19NO2. The van der Waals surface area contributed by atoms with Crippen LogP contribution in [0.25, 0.3) is 0 Å². The van der Waals surface area contributed by atoms with Crippen molar-refractivity contribution in [3.8, 4) is 6.07 Å². The quantitative estimate of drug-likeness (QED) is 0.889. The molecule has 3 nitrogen and oxygen atoms in total. The van der Waals surface area contributed by atoms with Gasteiger partial charge in [-0.2, -0.15) is 5.26 Å². The van der Waals surface area contributed by atoms with Gasteiger partial charge < -0.3 is 9.84 Å². The molecule has 1 aromatic carbocycles. The van der Waals surface area contributed by atoms with Crippen molar-refractivity contribution in [3.05, 3.63) is 35.9 Å². The number of aliphatic hydroxyl groups is 1. The molecule has 0 amide bonds. The Morgan fingerprint density at radius 3 is 2.50 bits per heavy atom. The molecule has 0 radical (unpaired) electrons. The number of hydrogen-bond acceptors (Lipinski definition) is 3. The van der Waals surface area contributed by atoms with Gasteiger partial charge in [0.05, 0.1) is 17.1 Å². The maximum absolute atomic E-state index is 10.8. The van der Waals surface area contributed by atoms with Crippen LogP contribution in [0.1, 0.15) is 25.3 Å². The maximum atomic E-state index is 10.8. The monoisotopic (exact) mass is 245 g/mol. The van der Waals surface area contributed by atoms with E-state index in [1.807, 2.05) is 30.3 Å². The second kappa shape index (κ2) is 5.09. The summed E-state index contributed by atoms with van der Waals surface area (Å²) < 4.78 is 5.31. The van der Waals surface area contributed by atoms with Crippen LogP contribution in [0.3, 0.4) is 0 Å². The fourth-order valence-corrected chi connectivity index (χ4v) is 2.65. The fourth-order valence-electron chi connectivity index (χ4n) is 2.65. The van der Waals surface area contributed by atoms with Crippen molar-refractivity contribution >= 4 is 0 Å². The average molecular weight is 245 g/mol. The van der Waals surface area contributed by atoms with Crippen molar-refractivity contribution < 1.29 is 9.84 Å². The van der Waals surface area contributed by atoms with E-state index in [2.05, 4.69) is 6.07 Å². The summed E-state index contributed by atoms with van der Waals surface area (Å²) in [5.74, 6) is 0. The van der Waals surface area contributed by atoms with Crippen LogP contribution in [0, 0.1) is 16.7 Å². The fraction of sp³-hybridized carbons (Fsp3) is 0.533. The Kier molecular flexibility index (Phi) is 3.70. The van der Waals surface area contributed by atoms with Crippen molar-refractivity contribution in [1.82, 2.24) is 0 Å². The molecule has 0 aromatic heterocycles. The lowest BCUT2D eigenvalue weighted by Crippen LogP contribution is -2.49. The zero-order valence-electron chi connectivity index (χ0n) is 10.7. The van der Waals surface area contributed by atoms with Crippen LogP contribution >= 0.6 is 0 Å². The zero-order valence-corrected chi connectivity index (χ0v) is 10.7. The molecule has 96 valence electrons. The lowest BCUT2D eigenvalue weighted by atomic mass is 9.66. The van der Waals surface area contributed by atoms with Gasteiger partial charge in [-0.25, -0.2) is 0 Å². The molecule has 2 rings (SSSR count). The molecule has 1 fully saturated rings.